The van der Waals surface area contributed by atoms with Crippen molar-refractivity contribution in [3.8, 4) is 6.07 Å². The summed E-state index contributed by atoms with van der Waals surface area (Å²) in [5, 5.41) is 18.8. The van der Waals surface area contributed by atoms with Gasteiger partial charge in [0.05, 0.1) is 29.5 Å². The molecule has 2 atom stereocenters. The molecule has 2 unspecified atom stereocenters. The van der Waals surface area contributed by atoms with Gasteiger partial charge in [-0.05, 0) is 41.8 Å². The van der Waals surface area contributed by atoms with Crippen LogP contribution in [-0.2, 0) is 10.5 Å². The quantitative estimate of drug-likeness (QED) is 0.877. The SMILES string of the molecule is N#Cc1ccc(CSCC(=O)N2CC(O)CC2c2ccc(F)cc2)cc1. The number of β-amino-alcohol motifs (C(OH)–C–C–N with tert-alkyl or cyclic N) is 1. The molecule has 1 aliphatic rings. The van der Waals surface area contributed by atoms with Gasteiger partial charge in [0.2, 0.25) is 5.91 Å². The number of nitriles is 1. The lowest BCUT2D eigenvalue weighted by Gasteiger charge is -2.24. The number of aliphatic hydroxyl groups excluding tert-OH is 1. The number of benzene rings is 2. The van der Waals surface area contributed by atoms with Crippen LogP contribution in [0.15, 0.2) is 48.5 Å². The second-order valence-corrected chi connectivity index (χ2v) is 7.29. The highest BCUT2D eigenvalue weighted by Crippen LogP contribution is 2.33. The van der Waals surface area contributed by atoms with Crippen molar-refractivity contribution in [2.75, 3.05) is 12.3 Å². The smallest absolute Gasteiger partial charge is 0.233 e. The minimum absolute atomic E-state index is 0.0329. The van der Waals surface area contributed by atoms with Gasteiger partial charge in [-0.2, -0.15) is 5.26 Å². The van der Waals surface area contributed by atoms with Crippen LogP contribution in [0.3, 0.4) is 0 Å². The molecule has 0 saturated carbocycles. The first kappa shape index (κ1) is 18.4. The van der Waals surface area contributed by atoms with Gasteiger partial charge in [-0.25, -0.2) is 4.39 Å². The average molecular weight is 370 g/mol. The van der Waals surface area contributed by atoms with Crippen LogP contribution in [0.1, 0.15) is 29.2 Å². The lowest BCUT2D eigenvalue weighted by atomic mass is 10.0. The summed E-state index contributed by atoms with van der Waals surface area (Å²) in [5.74, 6) is 0.636. The lowest BCUT2D eigenvalue weighted by molar-refractivity contribution is -0.129. The van der Waals surface area contributed by atoms with Gasteiger partial charge >= 0.3 is 0 Å². The number of carbonyl (C=O) groups excluding carboxylic acids is 1. The van der Waals surface area contributed by atoms with Gasteiger partial charge in [0.25, 0.3) is 0 Å². The van der Waals surface area contributed by atoms with E-state index in [-0.39, 0.29) is 17.8 Å². The van der Waals surface area contributed by atoms with Crippen LogP contribution in [0.5, 0.6) is 0 Å². The van der Waals surface area contributed by atoms with E-state index < -0.39 is 6.10 Å². The van der Waals surface area contributed by atoms with Crippen LogP contribution in [0, 0.1) is 17.1 Å². The molecule has 2 aromatic rings. The number of halogens is 1. The summed E-state index contributed by atoms with van der Waals surface area (Å²) >= 11 is 1.50. The Morgan fingerprint density at radius 3 is 2.58 bits per heavy atom. The second-order valence-electron chi connectivity index (χ2n) is 6.30. The number of nitrogens with zero attached hydrogens (tertiary/aromatic N) is 2. The first-order chi connectivity index (χ1) is 12.6. The molecule has 1 heterocycles. The molecule has 0 radical (unpaired) electrons. The van der Waals surface area contributed by atoms with Crippen LogP contribution < -0.4 is 0 Å². The van der Waals surface area contributed by atoms with Crippen LogP contribution >= 0.6 is 11.8 Å². The maximum atomic E-state index is 13.1. The van der Waals surface area contributed by atoms with Crippen molar-refractivity contribution < 1.29 is 14.3 Å². The monoisotopic (exact) mass is 370 g/mol. The molecule has 6 heteroatoms. The van der Waals surface area contributed by atoms with E-state index in [1.54, 1.807) is 29.2 Å². The van der Waals surface area contributed by atoms with E-state index in [4.69, 9.17) is 5.26 Å². The van der Waals surface area contributed by atoms with Crippen molar-refractivity contribution in [3.05, 3.63) is 71.0 Å². The molecule has 1 fully saturated rings. The molecule has 0 spiro atoms. The van der Waals surface area contributed by atoms with E-state index in [0.717, 1.165) is 11.1 Å². The normalized spacial score (nSPS) is 19.3. The predicted molar refractivity (Wildman–Crippen MR) is 98.8 cm³/mol. The number of carbonyl (C=O) groups is 1. The maximum Gasteiger partial charge on any atom is 0.233 e. The van der Waals surface area contributed by atoms with Gasteiger partial charge in [0.15, 0.2) is 0 Å². The highest BCUT2D eigenvalue weighted by molar-refractivity contribution is 7.99. The third-order valence-corrected chi connectivity index (χ3v) is 5.42. The first-order valence-corrected chi connectivity index (χ1v) is 9.52. The molecule has 134 valence electrons. The maximum absolute atomic E-state index is 13.1. The van der Waals surface area contributed by atoms with Crippen molar-refractivity contribution in [1.82, 2.24) is 4.90 Å². The average Bonchev–Trinajstić information content (AvgIpc) is 3.04. The highest BCUT2D eigenvalue weighted by Gasteiger charge is 2.34. The number of amides is 1. The van der Waals surface area contributed by atoms with E-state index in [1.165, 1.54) is 23.9 Å². The van der Waals surface area contributed by atoms with Crippen LogP contribution in [0.25, 0.3) is 0 Å². The molecule has 2 aromatic carbocycles. The van der Waals surface area contributed by atoms with E-state index >= 15 is 0 Å². The van der Waals surface area contributed by atoms with E-state index in [9.17, 15) is 14.3 Å². The summed E-state index contributed by atoms with van der Waals surface area (Å²) in [6.07, 6.45) is -0.0879. The summed E-state index contributed by atoms with van der Waals surface area (Å²) in [5.41, 5.74) is 2.51. The van der Waals surface area contributed by atoms with Crippen molar-refractivity contribution in [3.63, 3.8) is 0 Å². The zero-order valence-electron chi connectivity index (χ0n) is 14.1. The second kappa shape index (κ2) is 8.35. The molecule has 1 amide bonds. The fraction of sp³-hybridized carbons (Fsp3) is 0.300. The standard InChI is InChI=1S/C20H19FN2O2S/c21-17-7-5-16(6-8-17)19-9-18(24)11-23(19)20(25)13-26-12-15-3-1-14(10-22)2-4-15/h1-8,18-19,24H,9,11-13H2. The first-order valence-electron chi connectivity index (χ1n) is 8.36. The van der Waals surface area contributed by atoms with Gasteiger partial charge < -0.3 is 10.0 Å². The lowest BCUT2D eigenvalue weighted by Crippen LogP contribution is -2.33. The molecular weight excluding hydrogens is 351 g/mol. The van der Waals surface area contributed by atoms with Crippen LogP contribution in [-0.4, -0.2) is 34.3 Å². The molecule has 1 aliphatic heterocycles. The third-order valence-electron chi connectivity index (χ3n) is 4.43. The minimum Gasteiger partial charge on any atom is -0.391 e. The molecule has 1 N–H and O–H groups in total. The van der Waals surface area contributed by atoms with Crippen LogP contribution in [0.2, 0.25) is 0 Å². The minimum atomic E-state index is -0.558. The molecular formula is C20H19FN2O2S. The summed E-state index contributed by atoms with van der Waals surface area (Å²) in [6, 6.07) is 15.3. The molecule has 0 aromatic heterocycles. The van der Waals surface area contributed by atoms with Crippen molar-refractivity contribution in [2.45, 2.75) is 24.3 Å². The Hall–Kier alpha value is -2.36. The summed E-state index contributed by atoms with van der Waals surface area (Å²) in [6.45, 7) is 0.304. The fourth-order valence-electron chi connectivity index (χ4n) is 3.10. The zero-order valence-corrected chi connectivity index (χ0v) is 15.0. The van der Waals surface area contributed by atoms with Gasteiger partial charge in [-0.1, -0.05) is 24.3 Å². The molecule has 26 heavy (non-hydrogen) atoms. The summed E-state index contributed by atoms with van der Waals surface area (Å²) < 4.78 is 13.1. The van der Waals surface area contributed by atoms with Gasteiger partial charge in [-0.3, -0.25) is 4.79 Å². The number of likely N-dealkylation sites (tertiary alicyclic amines) is 1. The number of hydrogen-bond donors (Lipinski definition) is 1. The third kappa shape index (κ3) is 4.43. The van der Waals surface area contributed by atoms with E-state index in [0.29, 0.717) is 30.0 Å². The fourth-order valence-corrected chi connectivity index (χ4v) is 3.98. The Morgan fingerprint density at radius 2 is 1.92 bits per heavy atom. The Bertz CT molecular complexity index is 802. The summed E-state index contributed by atoms with van der Waals surface area (Å²) in [4.78, 5) is 14.3. The predicted octanol–water partition coefficient (Wildman–Crippen LogP) is 3.27. The largest absolute Gasteiger partial charge is 0.391 e. The molecule has 0 aliphatic carbocycles. The highest BCUT2D eigenvalue weighted by atomic mass is 32.2. The Morgan fingerprint density at radius 1 is 1.23 bits per heavy atom. The van der Waals surface area contributed by atoms with Gasteiger partial charge in [-0.15, -0.1) is 11.8 Å². The zero-order chi connectivity index (χ0) is 18.5. The number of rotatable bonds is 5. The van der Waals surface area contributed by atoms with Crippen molar-refractivity contribution in [2.24, 2.45) is 0 Å². The van der Waals surface area contributed by atoms with E-state index in [2.05, 4.69) is 6.07 Å². The Balaban J connectivity index is 1.58. The Kier molecular flexibility index (Phi) is 5.92. The molecule has 3 rings (SSSR count). The van der Waals surface area contributed by atoms with Crippen molar-refractivity contribution >= 4 is 17.7 Å². The Labute approximate surface area is 156 Å². The van der Waals surface area contributed by atoms with Crippen LogP contribution in [0.4, 0.5) is 4.39 Å². The van der Waals surface area contributed by atoms with E-state index in [1.807, 2.05) is 12.1 Å². The topological polar surface area (TPSA) is 64.3 Å². The van der Waals surface area contributed by atoms with Gasteiger partial charge in [0.1, 0.15) is 5.82 Å². The molecule has 1 saturated heterocycles. The van der Waals surface area contributed by atoms with Crippen molar-refractivity contribution in [1.29, 1.82) is 5.26 Å². The number of thioether (sulfide) groups is 1. The molecule has 0 bridgehead atoms. The summed E-state index contributed by atoms with van der Waals surface area (Å²) in [7, 11) is 0. The van der Waals surface area contributed by atoms with Gasteiger partial charge in [0, 0.05) is 12.3 Å². The molecule has 4 nitrogen and oxygen atoms in total. The number of aliphatic hydroxyl groups is 1. The number of hydrogen-bond acceptors (Lipinski definition) is 4.